The maximum Gasteiger partial charge on any atom is 0.175 e. The molecule has 0 saturated heterocycles. The van der Waals surface area contributed by atoms with E-state index in [9.17, 15) is 0 Å². The van der Waals surface area contributed by atoms with Crippen molar-refractivity contribution in [1.82, 2.24) is 19.5 Å². The smallest absolute Gasteiger partial charge is 0.175 e. The van der Waals surface area contributed by atoms with E-state index >= 15 is 0 Å². The molecule has 0 atom stereocenters. The van der Waals surface area contributed by atoms with Gasteiger partial charge >= 0.3 is 0 Å². The van der Waals surface area contributed by atoms with Crippen LogP contribution in [0.4, 0.5) is 5.82 Å². The zero-order valence-corrected chi connectivity index (χ0v) is 17.8. The molecule has 9 heteroatoms. The van der Waals surface area contributed by atoms with E-state index in [4.69, 9.17) is 28.9 Å². The average molecular weight is 463 g/mol. The van der Waals surface area contributed by atoms with Crippen LogP contribution < -0.4 is 5.73 Å². The van der Waals surface area contributed by atoms with E-state index in [0.717, 1.165) is 34.0 Å². The monoisotopic (exact) mass is 461 g/mol. The van der Waals surface area contributed by atoms with Crippen molar-refractivity contribution in [2.45, 2.75) is 36.9 Å². The lowest BCUT2D eigenvalue weighted by molar-refractivity contribution is 0.639. The summed E-state index contributed by atoms with van der Waals surface area (Å²) in [5.74, 6) is 0.374. The van der Waals surface area contributed by atoms with Crippen LogP contribution in [-0.2, 0) is 6.54 Å². The second-order valence-electron chi connectivity index (χ2n) is 4.73. The van der Waals surface area contributed by atoms with Crippen LogP contribution in [0.1, 0.15) is 20.3 Å². The molecule has 2 N–H and O–H groups in total. The first kappa shape index (κ1) is 20.3. The molecule has 0 unspecified atom stereocenters. The van der Waals surface area contributed by atoms with Gasteiger partial charge in [-0.1, -0.05) is 64.7 Å². The van der Waals surface area contributed by atoms with E-state index in [1.165, 1.54) is 18.1 Å². The molecular formula is C16H18BrCl2N5S. The molecule has 0 aliphatic carbocycles. The summed E-state index contributed by atoms with van der Waals surface area (Å²) in [5.41, 5.74) is 7.26. The number of imidazole rings is 1. The van der Waals surface area contributed by atoms with Gasteiger partial charge in [-0.3, -0.25) is 0 Å². The normalized spacial score (nSPS) is 10.6. The number of aromatic nitrogens is 4. The Morgan fingerprint density at radius 3 is 2.48 bits per heavy atom. The number of benzene rings is 1. The molecule has 3 aromatic rings. The lowest BCUT2D eigenvalue weighted by Gasteiger charge is -2.07. The summed E-state index contributed by atoms with van der Waals surface area (Å²) in [6.45, 7) is 4.77. The first-order chi connectivity index (χ1) is 12.1. The molecule has 0 bridgehead atoms. The minimum absolute atomic E-state index is 0.374. The van der Waals surface area contributed by atoms with Gasteiger partial charge in [0.2, 0.25) is 0 Å². The second-order valence-corrected chi connectivity index (χ2v) is 7.43. The number of fused-ring (bicyclic) bond motifs is 1. The van der Waals surface area contributed by atoms with Crippen molar-refractivity contribution in [3.63, 3.8) is 0 Å². The van der Waals surface area contributed by atoms with Crippen LogP contribution in [0.15, 0.2) is 34.6 Å². The summed E-state index contributed by atoms with van der Waals surface area (Å²) >= 11 is 17.1. The Kier molecular flexibility index (Phi) is 7.81. The van der Waals surface area contributed by atoms with Crippen molar-refractivity contribution in [3.05, 3.63) is 34.6 Å². The van der Waals surface area contributed by atoms with E-state index in [0.29, 0.717) is 21.4 Å². The molecule has 3 rings (SSSR count). The molecule has 5 nitrogen and oxygen atoms in total. The van der Waals surface area contributed by atoms with Gasteiger partial charge in [-0.25, -0.2) is 15.0 Å². The summed E-state index contributed by atoms with van der Waals surface area (Å²) in [7, 11) is 0. The molecule has 2 heterocycles. The SMILES string of the molecule is CC.Nc1ncnc2c1nc(Sc1cc(Cl)cc(Cl)c1)n2CCCBr. The van der Waals surface area contributed by atoms with Crippen LogP contribution in [0, 0.1) is 0 Å². The Morgan fingerprint density at radius 2 is 1.84 bits per heavy atom. The first-order valence-corrected chi connectivity index (χ1v) is 10.4. The number of hydrogen-bond donors (Lipinski definition) is 1. The van der Waals surface area contributed by atoms with Gasteiger partial charge in [0.1, 0.15) is 6.33 Å². The molecule has 2 aromatic heterocycles. The molecule has 0 fully saturated rings. The topological polar surface area (TPSA) is 69.6 Å². The number of nitrogens with zero attached hydrogens (tertiary/aromatic N) is 4. The largest absolute Gasteiger partial charge is 0.382 e. The highest BCUT2D eigenvalue weighted by Gasteiger charge is 2.16. The third kappa shape index (κ3) is 5.00. The van der Waals surface area contributed by atoms with E-state index < -0.39 is 0 Å². The number of hydrogen-bond acceptors (Lipinski definition) is 5. The average Bonchev–Trinajstić information content (AvgIpc) is 2.92. The number of halogens is 3. The van der Waals surface area contributed by atoms with Crippen LogP contribution in [0.2, 0.25) is 10.0 Å². The molecule has 0 aliphatic heterocycles. The van der Waals surface area contributed by atoms with Crippen LogP contribution in [0.5, 0.6) is 0 Å². The number of anilines is 1. The quantitative estimate of drug-likeness (QED) is 0.494. The zero-order chi connectivity index (χ0) is 18.4. The predicted octanol–water partition coefficient (Wildman–Crippen LogP) is 5.68. The van der Waals surface area contributed by atoms with Crippen molar-refractivity contribution in [2.24, 2.45) is 0 Å². The van der Waals surface area contributed by atoms with E-state index in [-0.39, 0.29) is 0 Å². The Morgan fingerprint density at radius 1 is 1.16 bits per heavy atom. The minimum atomic E-state index is 0.374. The van der Waals surface area contributed by atoms with Crippen LogP contribution >= 0.6 is 50.9 Å². The third-order valence-corrected chi connectivity index (χ3v) is 5.05. The highest BCUT2D eigenvalue weighted by Crippen LogP contribution is 2.34. The highest BCUT2D eigenvalue weighted by atomic mass is 79.9. The zero-order valence-electron chi connectivity index (χ0n) is 13.8. The Hall–Kier alpha value is -1.02. The van der Waals surface area contributed by atoms with Crippen molar-refractivity contribution in [3.8, 4) is 0 Å². The summed E-state index contributed by atoms with van der Waals surface area (Å²) < 4.78 is 2.04. The fourth-order valence-corrected chi connectivity index (χ4v) is 4.04. The Labute approximate surface area is 169 Å². The van der Waals surface area contributed by atoms with E-state index in [1.54, 1.807) is 6.07 Å². The molecule has 25 heavy (non-hydrogen) atoms. The van der Waals surface area contributed by atoms with Crippen LogP contribution in [0.3, 0.4) is 0 Å². The predicted molar refractivity (Wildman–Crippen MR) is 110 cm³/mol. The number of nitrogens with two attached hydrogens (primary N) is 1. The van der Waals surface area contributed by atoms with Gasteiger partial charge in [-0.15, -0.1) is 0 Å². The molecule has 0 aliphatic rings. The summed E-state index contributed by atoms with van der Waals surface area (Å²) in [5, 5.41) is 2.84. The van der Waals surface area contributed by atoms with Crippen LogP contribution in [-0.4, -0.2) is 24.8 Å². The van der Waals surface area contributed by atoms with Gasteiger partial charge in [0, 0.05) is 26.8 Å². The standard InChI is InChI=1S/C14H12BrCl2N5S.C2H6/c15-2-1-3-22-13-11(12(18)19-7-20-13)21-14(22)23-10-5-8(16)4-9(17)6-10;1-2/h4-7H,1-3H2,(H2,18,19,20);1-2H3. The Bertz CT molecular complexity index is 836. The summed E-state index contributed by atoms with van der Waals surface area (Å²) in [6, 6.07) is 5.40. The summed E-state index contributed by atoms with van der Waals surface area (Å²) in [4.78, 5) is 13.8. The number of nitrogen functional groups attached to an aromatic ring is 1. The Balaban J connectivity index is 0.00000109. The van der Waals surface area contributed by atoms with Crippen molar-refractivity contribution in [2.75, 3.05) is 11.1 Å². The van der Waals surface area contributed by atoms with Gasteiger partial charge in [0.25, 0.3) is 0 Å². The van der Waals surface area contributed by atoms with Crippen molar-refractivity contribution in [1.29, 1.82) is 0 Å². The van der Waals surface area contributed by atoms with Gasteiger partial charge in [-0.05, 0) is 24.6 Å². The third-order valence-electron chi connectivity index (χ3n) is 3.09. The number of rotatable bonds is 5. The van der Waals surface area contributed by atoms with Gasteiger partial charge in [0.15, 0.2) is 22.1 Å². The second kappa shape index (κ2) is 9.62. The first-order valence-electron chi connectivity index (χ1n) is 7.75. The molecule has 0 radical (unpaired) electrons. The minimum Gasteiger partial charge on any atom is -0.382 e. The lowest BCUT2D eigenvalue weighted by Crippen LogP contribution is -2.02. The molecule has 0 saturated carbocycles. The molecule has 0 spiro atoms. The van der Waals surface area contributed by atoms with E-state index in [2.05, 4.69) is 30.9 Å². The maximum absolute atomic E-state index is 6.07. The van der Waals surface area contributed by atoms with Gasteiger partial charge in [0.05, 0.1) is 0 Å². The number of aryl methyl sites for hydroxylation is 1. The van der Waals surface area contributed by atoms with Crippen molar-refractivity contribution < 1.29 is 0 Å². The highest BCUT2D eigenvalue weighted by molar-refractivity contribution is 9.09. The lowest BCUT2D eigenvalue weighted by atomic mass is 10.4. The van der Waals surface area contributed by atoms with E-state index in [1.807, 2.05) is 30.5 Å². The fourth-order valence-electron chi connectivity index (χ4n) is 2.12. The number of alkyl halides is 1. The van der Waals surface area contributed by atoms with Gasteiger partial charge in [-0.2, -0.15) is 0 Å². The summed E-state index contributed by atoms with van der Waals surface area (Å²) in [6.07, 6.45) is 2.40. The fraction of sp³-hybridized carbons (Fsp3) is 0.312. The molecule has 1 aromatic carbocycles. The van der Waals surface area contributed by atoms with Gasteiger partial charge < -0.3 is 10.3 Å². The molecule has 0 amide bonds. The maximum atomic E-state index is 6.07. The molecular weight excluding hydrogens is 445 g/mol. The molecule has 134 valence electrons. The van der Waals surface area contributed by atoms with Crippen molar-refractivity contribution >= 4 is 67.9 Å². The van der Waals surface area contributed by atoms with Crippen LogP contribution in [0.25, 0.3) is 11.2 Å².